The first-order chi connectivity index (χ1) is 16.0. The number of benzene rings is 1. The van der Waals surface area contributed by atoms with Crippen LogP contribution in [-0.2, 0) is 6.42 Å². The largest absolute Gasteiger partial charge is 0.345 e. The highest BCUT2D eigenvalue weighted by Crippen LogP contribution is 2.50. The number of pyridine rings is 1. The molecular weight excluding hydrogens is 459 g/mol. The molecule has 0 unspecified atom stereocenters. The molecule has 0 radical (unpaired) electrons. The van der Waals surface area contributed by atoms with Crippen molar-refractivity contribution < 1.29 is 0 Å². The summed E-state index contributed by atoms with van der Waals surface area (Å²) in [5, 5.41) is 1.32. The Balaban J connectivity index is 1.29. The van der Waals surface area contributed by atoms with Crippen molar-refractivity contribution in [1.82, 2.24) is 19.9 Å². The molecule has 1 aliphatic heterocycles. The van der Waals surface area contributed by atoms with E-state index in [1.165, 1.54) is 0 Å². The zero-order valence-corrected chi connectivity index (χ0v) is 19.2. The summed E-state index contributed by atoms with van der Waals surface area (Å²) in [6, 6.07) is 9.41. The summed E-state index contributed by atoms with van der Waals surface area (Å²) in [4.78, 5) is 30.6. The number of anilines is 1. The van der Waals surface area contributed by atoms with Gasteiger partial charge in [0.1, 0.15) is 5.65 Å². The van der Waals surface area contributed by atoms with Gasteiger partial charge in [-0.3, -0.25) is 14.8 Å². The van der Waals surface area contributed by atoms with Crippen molar-refractivity contribution in [3.05, 3.63) is 74.4 Å². The van der Waals surface area contributed by atoms with Gasteiger partial charge in [0.15, 0.2) is 0 Å². The van der Waals surface area contributed by atoms with E-state index in [0.717, 1.165) is 43.6 Å². The molecular formula is C24H22Cl2N6O. The van der Waals surface area contributed by atoms with E-state index in [1.807, 2.05) is 24.4 Å². The average Bonchev–Trinajstić information content (AvgIpc) is 3.36. The van der Waals surface area contributed by atoms with Gasteiger partial charge in [-0.15, -0.1) is 0 Å². The molecule has 3 aromatic heterocycles. The maximum Gasteiger partial charge on any atom is 0.262 e. The molecule has 4 heterocycles. The second kappa shape index (κ2) is 7.58. The number of nitrogens with one attached hydrogen (secondary N) is 2. The third-order valence-electron chi connectivity index (χ3n) is 7.27. The standard InChI is InChI=1S/C24H22Cl2N6O/c25-16-5-1-3-13(19(16)26)15-12-29-21-18(15)22(33)31-23(30-21)32-9-6-24(7-10-32)11-17-14(20(24)27)4-2-8-28-17/h1-5,8,12,20H,6-7,9-11,27H2,(H2,29,30,31,33)/t20-/m1/s1. The van der Waals surface area contributed by atoms with Gasteiger partial charge in [0.25, 0.3) is 5.56 Å². The predicted octanol–water partition coefficient (Wildman–Crippen LogP) is 4.46. The fourth-order valence-corrected chi connectivity index (χ4v) is 5.81. The van der Waals surface area contributed by atoms with Crippen LogP contribution < -0.4 is 16.2 Å². The van der Waals surface area contributed by atoms with Gasteiger partial charge in [0, 0.05) is 48.3 Å². The number of nitrogens with two attached hydrogens (primary N) is 1. The van der Waals surface area contributed by atoms with Crippen LogP contribution in [0.4, 0.5) is 5.95 Å². The molecule has 2 aliphatic rings. The maximum absolute atomic E-state index is 13.1. The summed E-state index contributed by atoms with van der Waals surface area (Å²) in [5.74, 6) is 0.565. The zero-order valence-electron chi connectivity index (χ0n) is 17.7. The lowest BCUT2D eigenvalue weighted by molar-refractivity contribution is 0.186. The van der Waals surface area contributed by atoms with Crippen LogP contribution in [0.2, 0.25) is 10.0 Å². The summed E-state index contributed by atoms with van der Waals surface area (Å²) < 4.78 is 0. The van der Waals surface area contributed by atoms with Crippen molar-refractivity contribution >= 4 is 40.2 Å². The number of hydrogen-bond donors (Lipinski definition) is 3. The molecule has 0 bridgehead atoms. The highest BCUT2D eigenvalue weighted by Gasteiger charge is 2.46. The SMILES string of the molecule is N[C@@H]1c2cccnc2CC12CCN(c1nc3[nH]cc(-c4cccc(Cl)c4Cl)c3c(=O)[nH]1)CC2. The Hall–Kier alpha value is -2.87. The van der Waals surface area contributed by atoms with E-state index in [4.69, 9.17) is 33.9 Å². The molecule has 4 N–H and O–H groups in total. The molecule has 6 rings (SSSR count). The Kier molecular flexibility index (Phi) is 4.76. The van der Waals surface area contributed by atoms with Crippen LogP contribution >= 0.6 is 23.2 Å². The van der Waals surface area contributed by atoms with Crippen molar-refractivity contribution in [1.29, 1.82) is 0 Å². The van der Waals surface area contributed by atoms with Crippen molar-refractivity contribution in [2.24, 2.45) is 11.1 Å². The highest BCUT2D eigenvalue weighted by molar-refractivity contribution is 6.43. The number of hydrogen-bond acceptors (Lipinski definition) is 5. The number of aromatic nitrogens is 4. The number of H-pyrrole nitrogens is 2. The summed E-state index contributed by atoms with van der Waals surface area (Å²) in [5.41, 5.74) is 10.6. The first-order valence-electron chi connectivity index (χ1n) is 11.0. The van der Waals surface area contributed by atoms with Crippen LogP contribution in [0, 0.1) is 5.41 Å². The molecule has 0 amide bonds. The molecule has 33 heavy (non-hydrogen) atoms. The lowest BCUT2D eigenvalue weighted by Gasteiger charge is -2.42. The van der Waals surface area contributed by atoms with Gasteiger partial charge in [-0.25, -0.2) is 0 Å². The topological polar surface area (TPSA) is 104 Å². The summed E-state index contributed by atoms with van der Waals surface area (Å²) in [6.07, 6.45) is 6.33. The second-order valence-corrected chi connectivity index (χ2v) is 9.75. The minimum absolute atomic E-state index is 0.00810. The molecule has 1 spiro atoms. The average molecular weight is 481 g/mol. The van der Waals surface area contributed by atoms with Crippen molar-refractivity contribution in [3.63, 3.8) is 0 Å². The van der Waals surface area contributed by atoms with Crippen LogP contribution in [-0.4, -0.2) is 33.0 Å². The van der Waals surface area contributed by atoms with E-state index in [9.17, 15) is 4.79 Å². The van der Waals surface area contributed by atoms with Gasteiger partial charge in [-0.05, 0) is 42.4 Å². The minimum atomic E-state index is -0.211. The van der Waals surface area contributed by atoms with E-state index in [-0.39, 0.29) is 17.0 Å². The van der Waals surface area contributed by atoms with E-state index < -0.39 is 0 Å². The van der Waals surface area contributed by atoms with Crippen LogP contribution in [0.3, 0.4) is 0 Å². The Morgan fingerprint density at radius 3 is 2.73 bits per heavy atom. The van der Waals surface area contributed by atoms with E-state index >= 15 is 0 Å². The molecule has 4 aromatic rings. The minimum Gasteiger partial charge on any atom is -0.345 e. The Bertz CT molecular complexity index is 1440. The molecule has 168 valence electrons. The van der Waals surface area contributed by atoms with Gasteiger partial charge in [-0.2, -0.15) is 4.98 Å². The van der Waals surface area contributed by atoms with Crippen LogP contribution in [0.25, 0.3) is 22.2 Å². The molecule has 1 fully saturated rings. The molecule has 1 aliphatic carbocycles. The normalized spacial score (nSPS) is 19.4. The molecule has 7 nitrogen and oxygen atoms in total. The monoisotopic (exact) mass is 480 g/mol. The number of aromatic amines is 2. The van der Waals surface area contributed by atoms with Crippen molar-refractivity contribution in [2.75, 3.05) is 18.0 Å². The zero-order chi connectivity index (χ0) is 22.7. The van der Waals surface area contributed by atoms with Gasteiger partial charge >= 0.3 is 0 Å². The van der Waals surface area contributed by atoms with Crippen LogP contribution in [0.1, 0.15) is 30.1 Å². The first kappa shape index (κ1) is 20.7. The number of rotatable bonds is 2. The first-order valence-corrected chi connectivity index (χ1v) is 11.7. The molecule has 0 saturated carbocycles. The van der Waals surface area contributed by atoms with Gasteiger partial charge in [0.05, 0.1) is 15.4 Å². The number of fused-ring (bicyclic) bond motifs is 2. The van der Waals surface area contributed by atoms with Gasteiger partial charge in [0.2, 0.25) is 5.95 Å². The second-order valence-electron chi connectivity index (χ2n) is 8.96. The summed E-state index contributed by atoms with van der Waals surface area (Å²) in [7, 11) is 0. The lowest BCUT2D eigenvalue weighted by atomic mass is 9.73. The van der Waals surface area contributed by atoms with Crippen molar-refractivity contribution in [2.45, 2.75) is 25.3 Å². The Labute approximate surface area is 200 Å². The third-order valence-corrected chi connectivity index (χ3v) is 8.09. The van der Waals surface area contributed by atoms with Crippen molar-refractivity contribution in [3.8, 4) is 11.1 Å². The molecule has 1 aromatic carbocycles. The number of piperidine rings is 1. The summed E-state index contributed by atoms with van der Waals surface area (Å²) >= 11 is 12.6. The quantitative estimate of drug-likeness (QED) is 0.392. The third kappa shape index (κ3) is 3.18. The maximum atomic E-state index is 13.1. The highest BCUT2D eigenvalue weighted by atomic mass is 35.5. The van der Waals surface area contributed by atoms with E-state index in [2.05, 4.69) is 25.9 Å². The predicted molar refractivity (Wildman–Crippen MR) is 131 cm³/mol. The summed E-state index contributed by atoms with van der Waals surface area (Å²) in [6.45, 7) is 1.54. The molecule has 1 saturated heterocycles. The van der Waals surface area contributed by atoms with E-state index in [1.54, 1.807) is 12.3 Å². The van der Waals surface area contributed by atoms with Gasteiger partial charge < -0.3 is 15.6 Å². The number of halogens is 2. The lowest BCUT2D eigenvalue weighted by Crippen LogP contribution is -2.45. The number of nitrogens with zero attached hydrogens (tertiary/aromatic N) is 3. The van der Waals surface area contributed by atoms with E-state index in [0.29, 0.717) is 38.2 Å². The Morgan fingerprint density at radius 2 is 1.94 bits per heavy atom. The molecule has 1 atom stereocenters. The van der Waals surface area contributed by atoms with Gasteiger partial charge in [-0.1, -0.05) is 41.4 Å². The van der Waals surface area contributed by atoms with Crippen LogP contribution in [0.15, 0.2) is 47.5 Å². The van der Waals surface area contributed by atoms with Crippen LogP contribution in [0.5, 0.6) is 0 Å². The Morgan fingerprint density at radius 1 is 1.12 bits per heavy atom. The molecule has 9 heteroatoms. The smallest absolute Gasteiger partial charge is 0.262 e. The fraction of sp³-hybridized carbons (Fsp3) is 0.292. The fourth-order valence-electron chi connectivity index (χ4n) is 5.41.